The number of alkyl halides is 3. The van der Waals surface area contributed by atoms with E-state index in [1.165, 1.54) is 12.1 Å². The van der Waals surface area contributed by atoms with Crippen LogP contribution in [0.1, 0.15) is 24.7 Å². The molecule has 0 saturated heterocycles. The zero-order chi connectivity index (χ0) is 14.9. The molecule has 0 radical (unpaired) electrons. The van der Waals surface area contributed by atoms with E-state index in [-0.39, 0.29) is 0 Å². The number of nitrogen functional groups attached to an aromatic ring is 1. The molecular weight excluding hydrogens is 267 g/mol. The topological polar surface area (TPSA) is 43.8 Å². The Morgan fingerprint density at radius 3 is 2.30 bits per heavy atom. The van der Waals surface area contributed by atoms with Gasteiger partial charge in [-0.1, -0.05) is 19.1 Å². The van der Waals surface area contributed by atoms with Crippen LogP contribution in [0, 0.1) is 6.92 Å². The Labute approximate surface area is 115 Å². The average molecular weight is 283 g/mol. The summed E-state index contributed by atoms with van der Waals surface area (Å²) < 4.78 is 39.4. The van der Waals surface area contributed by atoms with Crippen molar-refractivity contribution < 1.29 is 13.2 Å². The highest BCUT2D eigenvalue weighted by atomic mass is 19.4. The molecule has 20 heavy (non-hydrogen) atoms. The summed E-state index contributed by atoms with van der Waals surface area (Å²) in [5.74, 6) is 1.25. The van der Waals surface area contributed by atoms with E-state index < -0.39 is 11.7 Å². The maximum Gasteiger partial charge on any atom is 0.416 e. The first-order chi connectivity index (χ1) is 9.34. The molecule has 0 aliphatic rings. The van der Waals surface area contributed by atoms with Crippen LogP contribution in [0.15, 0.2) is 24.3 Å². The van der Waals surface area contributed by atoms with Gasteiger partial charge in [0.05, 0.1) is 5.56 Å². The minimum Gasteiger partial charge on any atom is -0.383 e. The van der Waals surface area contributed by atoms with E-state index in [4.69, 9.17) is 5.73 Å². The van der Waals surface area contributed by atoms with E-state index in [9.17, 15) is 13.2 Å². The molecule has 1 aromatic heterocycles. The number of anilines is 1. The summed E-state index contributed by atoms with van der Waals surface area (Å²) in [6.45, 7) is 4.60. The first kappa shape index (κ1) is 14.4. The number of hydrogen-bond acceptors (Lipinski definition) is 2. The fraction of sp³-hybridized carbons (Fsp3) is 0.357. The summed E-state index contributed by atoms with van der Waals surface area (Å²) >= 11 is 0. The Balaban J connectivity index is 2.40. The highest BCUT2D eigenvalue weighted by Gasteiger charge is 2.30. The molecule has 0 atom stereocenters. The molecule has 1 aromatic carbocycles. The van der Waals surface area contributed by atoms with Crippen LogP contribution in [0.5, 0.6) is 0 Å². The predicted octanol–water partition coefficient (Wildman–Crippen LogP) is 3.87. The van der Waals surface area contributed by atoms with Gasteiger partial charge in [0.1, 0.15) is 17.3 Å². The quantitative estimate of drug-likeness (QED) is 0.929. The summed E-state index contributed by atoms with van der Waals surface area (Å²) in [5.41, 5.74) is 6.47. The van der Waals surface area contributed by atoms with Crippen molar-refractivity contribution in [2.24, 2.45) is 0 Å². The van der Waals surface area contributed by atoms with Gasteiger partial charge in [-0.3, -0.25) is 0 Å². The number of hydrogen-bond donors (Lipinski definition) is 1. The standard InChI is InChI=1S/C14H16F3N3/c1-3-8-20-9(2)19-12(13(20)18)10-4-6-11(7-5-10)14(15,16)17/h4-7H,3,8,18H2,1-2H3. The molecule has 1 heterocycles. The van der Waals surface area contributed by atoms with E-state index >= 15 is 0 Å². The zero-order valence-electron chi connectivity index (χ0n) is 11.3. The fourth-order valence-electron chi connectivity index (χ4n) is 2.12. The lowest BCUT2D eigenvalue weighted by Gasteiger charge is -2.08. The lowest BCUT2D eigenvalue weighted by atomic mass is 10.1. The van der Waals surface area contributed by atoms with Crippen molar-refractivity contribution in [3.63, 3.8) is 0 Å². The molecule has 2 aromatic rings. The minimum atomic E-state index is -4.33. The van der Waals surface area contributed by atoms with E-state index in [1.807, 2.05) is 18.4 Å². The van der Waals surface area contributed by atoms with Crippen LogP contribution < -0.4 is 5.73 Å². The largest absolute Gasteiger partial charge is 0.416 e. The van der Waals surface area contributed by atoms with Gasteiger partial charge in [0.25, 0.3) is 0 Å². The molecule has 6 heteroatoms. The second kappa shape index (κ2) is 5.19. The number of imidazole rings is 1. The fourth-order valence-corrected chi connectivity index (χ4v) is 2.12. The number of benzene rings is 1. The van der Waals surface area contributed by atoms with Gasteiger partial charge in [0.2, 0.25) is 0 Å². The monoisotopic (exact) mass is 283 g/mol. The zero-order valence-corrected chi connectivity index (χ0v) is 11.3. The van der Waals surface area contributed by atoms with Crippen molar-refractivity contribution in [3.8, 4) is 11.3 Å². The van der Waals surface area contributed by atoms with Gasteiger partial charge < -0.3 is 10.3 Å². The molecule has 2 N–H and O–H groups in total. The number of aryl methyl sites for hydroxylation is 1. The van der Waals surface area contributed by atoms with Crippen LogP contribution >= 0.6 is 0 Å². The SMILES string of the molecule is CCCn1c(C)nc(-c2ccc(C(F)(F)F)cc2)c1N. The Morgan fingerprint density at radius 2 is 1.80 bits per heavy atom. The first-order valence-corrected chi connectivity index (χ1v) is 6.34. The van der Waals surface area contributed by atoms with Gasteiger partial charge in [0.15, 0.2) is 0 Å². The number of rotatable bonds is 3. The van der Waals surface area contributed by atoms with Crippen molar-refractivity contribution in [1.82, 2.24) is 9.55 Å². The predicted molar refractivity (Wildman–Crippen MR) is 72.1 cm³/mol. The smallest absolute Gasteiger partial charge is 0.383 e. The van der Waals surface area contributed by atoms with E-state index in [0.29, 0.717) is 17.1 Å². The van der Waals surface area contributed by atoms with Gasteiger partial charge in [-0.15, -0.1) is 0 Å². The number of nitrogens with zero attached hydrogens (tertiary/aromatic N) is 2. The number of aromatic nitrogens is 2. The third-order valence-corrected chi connectivity index (χ3v) is 3.13. The first-order valence-electron chi connectivity index (χ1n) is 6.34. The molecular formula is C14H16F3N3. The van der Waals surface area contributed by atoms with Gasteiger partial charge in [0, 0.05) is 12.1 Å². The van der Waals surface area contributed by atoms with Crippen molar-refractivity contribution >= 4 is 5.82 Å². The molecule has 0 saturated carbocycles. The van der Waals surface area contributed by atoms with Crippen molar-refractivity contribution in [2.45, 2.75) is 33.0 Å². The van der Waals surface area contributed by atoms with Gasteiger partial charge in [-0.25, -0.2) is 4.98 Å². The van der Waals surface area contributed by atoms with Crippen LogP contribution in [0.4, 0.5) is 19.0 Å². The second-order valence-electron chi connectivity index (χ2n) is 4.62. The van der Waals surface area contributed by atoms with E-state index in [0.717, 1.165) is 30.9 Å². The molecule has 0 aliphatic heterocycles. The highest BCUT2D eigenvalue weighted by Crippen LogP contribution is 2.32. The van der Waals surface area contributed by atoms with Crippen LogP contribution in [-0.2, 0) is 12.7 Å². The molecule has 0 aliphatic carbocycles. The lowest BCUT2D eigenvalue weighted by molar-refractivity contribution is -0.137. The van der Waals surface area contributed by atoms with E-state index in [2.05, 4.69) is 4.98 Å². The van der Waals surface area contributed by atoms with Crippen molar-refractivity contribution in [2.75, 3.05) is 5.73 Å². The maximum atomic E-state index is 12.5. The Morgan fingerprint density at radius 1 is 1.20 bits per heavy atom. The summed E-state index contributed by atoms with van der Waals surface area (Å²) in [6, 6.07) is 4.89. The summed E-state index contributed by atoms with van der Waals surface area (Å²) in [4.78, 5) is 4.35. The summed E-state index contributed by atoms with van der Waals surface area (Å²) in [7, 11) is 0. The van der Waals surface area contributed by atoms with Crippen LogP contribution in [0.3, 0.4) is 0 Å². The van der Waals surface area contributed by atoms with Crippen molar-refractivity contribution in [1.29, 1.82) is 0 Å². The third kappa shape index (κ3) is 2.64. The highest BCUT2D eigenvalue weighted by molar-refractivity contribution is 5.71. The van der Waals surface area contributed by atoms with E-state index in [1.54, 1.807) is 0 Å². The molecule has 108 valence electrons. The van der Waals surface area contributed by atoms with Gasteiger partial charge in [-0.05, 0) is 25.5 Å². The average Bonchev–Trinajstić information content (AvgIpc) is 2.66. The van der Waals surface area contributed by atoms with Crippen LogP contribution in [-0.4, -0.2) is 9.55 Å². The van der Waals surface area contributed by atoms with Gasteiger partial charge >= 0.3 is 6.18 Å². The number of nitrogens with two attached hydrogens (primary N) is 1. The maximum absolute atomic E-state index is 12.5. The Bertz CT molecular complexity index is 597. The molecule has 3 nitrogen and oxygen atoms in total. The molecule has 0 bridgehead atoms. The third-order valence-electron chi connectivity index (χ3n) is 3.13. The molecule has 0 unspecified atom stereocenters. The lowest BCUT2D eigenvalue weighted by Crippen LogP contribution is -2.05. The molecule has 0 amide bonds. The Kier molecular flexibility index (Phi) is 3.74. The summed E-state index contributed by atoms with van der Waals surface area (Å²) in [5, 5.41) is 0. The molecule has 0 spiro atoms. The number of halogens is 3. The second-order valence-corrected chi connectivity index (χ2v) is 4.62. The Hall–Kier alpha value is -1.98. The van der Waals surface area contributed by atoms with Crippen molar-refractivity contribution in [3.05, 3.63) is 35.7 Å². The van der Waals surface area contributed by atoms with Crippen LogP contribution in [0.25, 0.3) is 11.3 Å². The van der Waals surface area contributed by atoms with Gasteiger partial charge in [-0.2, -0.15) is 13.2 Å². The van der Waals surface area contributed by atoms with Crippen LogP contribution in [0.2, 0.25) is 0 Å². The molecule has 2 rings (SSSR count). The molecule has 0 fully saturated rings. The summed E-state index contributed by atoms with van der Waals surface area (Å²) in [6.07, 6.45) is -3.42. The normalized spacial score (nSPS) is 11.8. The minimum absolute atomic E-state index is 0.490.